The first-order valence-electron chi connectivity index (χ1n) is 8.61. The molecule has 0 radical (unpaired) electrons. The fourth-order valence-electron chi connectivity index (χ4n) is 3.34. The standard InChI is InChI=1S/C18H23FN4OS/c1-4-23-12(2)9-14(13(23)3)16(24)11-25-18-20-10-15(19)17(21-18)22-7-5-6-8-22/h9-10H,4-8,11H2,1-3H3. The minimum atomic E-state index is -0.399. The molecule has 134 valence electrons. The zero-order valence-electron chi connectivity index (χ0n) is 14.9. The molecule has 25 heavy (non-hydrogen) atoms. The number of ketones is 1. The van der Waals surface area contributed by atoms with Crippen LogP contribution in [0.4, 0.5) is 10.2 Å². The normalized spacial score (nSPS) is 14.3. The molecule has 0 bridgehead atoms. The maximum atomic E-state index is 14.0. The largest absolute Gasteiger partial charge is 0.354 e. The van der Waals surface area contributed by atoms with Crippen LogP contribution in [0.2, 0.25) is 0 Å². The van der Waals surface area contributed by atoms with Crippen LogP contribution in [0.3, 0.4) is 0 Å². The van der Waals surface area contributed by atoms with Gasteiger partial charge in [-0.2, -0.15) is 0 Å². The van der Waals surface area contributed by atoms with Gasteiger partial charge in [-0.05, 0) is 39.7 Å². The van der Waals surface area contributed by atoms with Gasteiger partial charge in [-0.3, -0.25) is 4.79 Å². The van der Waals surface area contributed by atoms with Gasteiger partial charge in [0.15, 0.2) is 22.6 Å². The minimum absolute atomic E-state index is 0.0495. The Kier molecular flexibility index (Phi) is 5.42. The molecule has 0 saturated carbocycles. The molecule has 0 atom stereocenters. The average Bonchev–Trinajstić information content (AvgIpc) is 3.22. The lowest BCUT2D eigenvalue weighted by Gasteiger charge is -2.17. The van der Waals surface area contributed by atoms with Crippen molar-refractivity contribution in [3.63, 3.8) is 0 Å². The number of aromatic nitrogens is 3. The van der Waals surface area contributed by atoms with Crippen LogP contribution in [0.25, 0.3) is 0 Å². The summed E-state index contributed by atoms with van der Waals surface area (Å²) in [6.45, 7) is 8.52. The quantitative estimate of drug-likeness (QED) is 0.446. The molecule has 0 aliphatic carbocycles. The molecule has 3 rings (SSSR count). The van der Waals surface area contributed by atoms with Crippen LogP contribution < -0.4 is 4.90 Å². The predicted octanol–water partition coefficient (Wildman–Crippen LogP) is 3.63. The van der Waals surface area contributed by atoms with Crippen LogP contribution >= 0.6 is 11.8 Å². The number of Topliss-reactive ketones (excluding diaryl/α,β-unsaturated/α-hetero) is 1. The summed E-state index contributed by atoms with van der Waals surface area (Å²) in [6.07, 6.45) is 3.31. The number of thioether (sulfide) groups is 1. The van der Waals surface area contributed by atoms with E-state index in [2.05, 4.69) is 21.5 Å². The van der Waals surface area contributed by atoms with E-state index in [1.807, 2.05) is 24.8 Å². The van der Waals surface area contributed by atoms with Crippen LogP contribution in [0.1, 0.15) is 41.5 Å². The number of rotatable bonds is 6. The monoisotopic (exact) mass is 362 g/mol. The van der Waals surface area contributed by atoms with Crippen LogP contribution in [0.5, 0.6) is 0 Å². The Morgan fingerprint density at radius 2 is 2.04 bits per heavy atom. The SMILES string of the molecule is CCn1c(C)cc(C(=O)CSc2ncc(F)c(N3CCCC3)n2)c1C. The van der Waals surface area contributed by atoms with E-state index in [-0.39, 0.29) is 11.5 Å². The lowest BCUT2D eigenvalue weighted by atomic mass is 10.2. The Bertz CT molecular complexity index is 784. The molecule has 0 N–H and O–H groups in total. The minimum Gasteiger partial charge on any atom is -0.354 e. The van der Waals surface area contributed by atoms with E-state index in [0.717, 1.165) is 49.4 Å². The van der Waals surface area contributed by atoms with Crippen molar-refractivity contribution >= 4 is 23.4 Å². The molecule has 0 unspecified atom stereocenters. The number of carbonyl (C=O) groups excluding carboxylic acids is 1. The van der Waals surface area contributed by atoms with E-state index in [1.165, 1.54) is 18.0 Å². The first-order chi connectivity index (χ1) is 12.0. The van der Waals surface area contributed by atoms with Crippen molar-refractivity contribution in [2.45, 2.75) is 45.3 Å². The molecule has 0 aromatic carbocycles. The van der Waals surface area contributed by atoms with Crippen LogP contribution in [0.15, 0.2) is 17.4 Å². The molecule has 1 aliphatic heterocycles. The fraction of sp³-hybridized carbons (Fsp3) is 0.500. The first-order valence-corrected chi connectivity index (χ1v) is 9.60. The number of anilines is 1. The van der Waals surface area contributed by atoms with Gasteiger partial charge in [0.25, 0.3) is 0 Å². The zero-order chi connectivity index (χ0) is 18.0. The van der Waals surface area contributed by atoms with E-state index in [1.54, 1.807) is 0 Å². The highest BCUT2D eigenvalue weighted by atomic mass is 32.2. The Balaban J connectivity index is 1.71. The van der Waals surface area contributed by atoms with Gasteiger partial charge in [0, 0.05) is 36.6 Å². The van der Waals surface area contributed by atoms with Crippen LogP contribution in [0, 0.1) is 19.7 Å². The molecule has 7 heteroatoms. The second-order valence-corrected chi connectivity index (χ2v) is 7.20. The number of halogens is 1. The molecule has 1 fully saturated rings. The van der Waals surface area contributed by atoms with Gasteiger partial charge in [-0.1, -0.05) is 11.8 Å². The van der Waals surface area contributed by atoms with Crippen LogP contribution in [-0.4, -0.2) is 39.2 Å². The second kappa shape index (κ2) is 7.56. The summed E-state index contributed by atoms with van der Waals surface area (Å²) >= 11 is 1.26. The van der Waals surface area contributed by atoms with E-state index in [0.29, 0.717) is 11.0 Å². The summed E-state index contributed by atoms with van der Waals surface area (Å²) in [6, 6.07) is 1.93. The van der Waals surface area contributed by atoms with Crippen molar-refractivity contribution in [2.75, 3.05) is 23.7 Å². The zero-order valence-corrected chi connectivity index (χ0v) is 15.7. The molecule has 0 amide bonds. The molecule has 0 spiro atoms. The topological polar surface area (TPSA) is 51.0 Å². The van der Waals surface area contributed by atoms with Gasteiger partial charge < -0.3 is 9.47 Å². The Hall–Kier alpha value is -1.89. The summed E-state index contributed by atoms with van der Waals surface area (Å²) in [7, 11) is 0. The summed E-state index contributed by atoms with van der Waals surface area (Å²) in [5.41, 5.74) is 2.82. The van der Waals surface area contributed by atoms with Gasteiger partial charge >= 0.3 is 0 Å². The van der Waals surface area contributed by atoms with Crippen molar-refractivity contribution in [3.8, 4) is 0 Å². The Morgan fingerprint density at radius 1 is 1.32 bits per heavy atom. The molecular formula is C18H23FN4OS. The molecule has 2 aromatic rings. The maximum absolute atomic E-state index is 14.0. The summed E-state index contributed by atoms with van der Waals surface area (Å²) in [5.74, 6) is 0.253. The molecule has 1 saturated heterocycles. The summed E-state index contributed by atoms with van der Waals surface area (Å²) in [5, 5.41) is 0.445. The second-order valence-electron chi connectivity index (χ2n) is 6.26. The highest BCUT2D eigenvalue weighted by Gasteiger charge is 2.20. The predicted molar refractivity (Wildman–Crippen MR) is 98.1 cm³/mol. The van der Waals surface area contributed by atoms with Crippen molar-refractivity contribution in [1.82, 2.24) is 14.5 Å². The third-order valence-electron chi connectivity index (χ3n) is 4.63. The van der Waals surface area contributed by atoms with Crippen molar-refractivity contribution in [1.29, 1.82) is 0 Å². The molecule has 3 heterocycles. The van der Waals surface area contributed by atoms with Gasteiger partial charge in [0.05, 0.1) is 11.9 Å². The third-order valence-corrected chi connectivity index (χ3v) is 5.49. The fourth-order valence-corrected chi connectivity index (χ4v) is 4.03. The molecule has 5 nitrogen and oxygen atoms in total. The highest BCUT2D eigenvalue weighted by Crippen LogP contribution is 2.25. The smallest absolute Gasteiger partial charge is 0.190 e. The van der Waals surface area contributed by atoms with Crippen LogP contribution in [-0.2, 0) is 6.54 Å². The van der Waals surface area contributed by atoms with Gasteiger partial charge in [0.1, 0.15) is 0 Å². The van der Waals surface area contributed by atoms with Gasteiger partial charge in [0.2, 0.25) is 0 Å². The lowest BCUT2D eigenvalue weighted by molar-refractivity contribution is 0.102. The van der Waals surface area contributed by atoms with E-state index in [9.17, 15) is 9.18 Å². The summed E-state index contributed by atoms with van der Waals surface area (Å²) in [4.78, 5) is 22.9. The Morgan fingerprint density at radius 3 is 2.68 bits per heavy atom. The van der Waals surface area contributed by atoms with Crippen molar-refractivity contribution in [2.24, 2.45) is 0 Å². The average molecular weight is 362 g/mol. The van der Waals surface area contributed by atoms with E-state index >= 15 is 0 Å². The number of carbonyl (C=O) groups is 1. The highest BCUT2D eigenvalue weighted by molar-refractivity contribution is 7.99. The lowest BCUT2D eigenvalue weighted by Crippen LogP contribution is -2.21. The van der Waals surface area contributed by atoms with E-state index in [4.69, 9.17) is 0 Å². The molecule has 2 aromatic heterocycles. The number of aryl methyl sites for hydroxylation is 1. The number of hydrogen-bond donors (Lipinski definition) is 0. The van der Waals surface area contributed by atoms with Gasteiger partial charge in [-0.25, -0.2) is 14.4 Å². The number of nitrogens with zero attached hydrogens (tertiary/aromatic N) is 4. The molecular weight excluding hydrogens is 339 g/mol. The maximum Gasteiger partial charge on any atom is 0.190 e. The number of hydrogen-bond acceptors (Lipinski definition) is 5. The third kappa shape index (κ3) is 3.71. The first kappa shape index (κ1) is 17.9. The Labute approximate surface area is 151 Å². The van der Waals surface area contributed by atoms with Crippen molar-refractivity contribution < 1.29 is 9.18 Å². The van der Waals surface area contributed by atoms with Crippen molar-refractivity contribution in [3.05, 3.63) is 35.0 Å². The van der Waals surface area contributed by atoms with E-state index < -0.39 is 5.82 Å². The van der Waals surface area contributed by atoms with Gasteiger partial charge in [-0.15, -0.1) is 0 Å². The molecule has 1 aliphatic rings. The summed E-state index contributed by atoms with van der Waals surface area (Å²) < 4.78 is 16.1.